The number of nitrogens with zero attached hydrogens (tertiary/aromatic N) is 3. The molecule has 0 unspecified atom stereocenters. The van der Waals surface area contributed by atoms with E-state index < -0.39 is 17.7 Å². The average molecular weight is 410 g/mol. The van der Waals surface area contributed by atoms with Crippen molar-refractivity contribution in [3.63, 3.8) is 0 Å². The molecular weight excluding hydrogens is 390 g/mol. The number of hydrogen-bond donors (Lipinski definition) is 3. The highest BCUT2D eigenvalue weighted by Gasteiger charge is 2.17. The van der Waals surface area contributed by atoms with Gasteiger partial charge in [-0.1, -0.05) is 25.5 Å². The Morgan fingerprint density at radius 1 is 1.17 bits per heavy atom. The molecular formula is C21H20F2N6O. The maximum atomic E-state index is 14.0. The number of aromatic nitrogens is 3. The van der Waals surface area contributed by atoms with Gasteiger partial charge in [0.15, 0.2) is 23.1 Å². The lowest BCUT2D eigenvalue weighted by molar-refractivity contribution is 0.259. The van der Waals surface area contributed by atoms with Crippen molar-refractivity contribution in [1.29, 1.82) is 0 Å². The summed E-state index contributed by atoms with van der Waals surface area (Å²) in [6.45, 7) is 2.76. The zero-order valence-electron chi connectivity index (χ0n) is 16.2. The molecule has 0 aliphatic heterocycles. The molecule has 7 nitrogen and oxygen atoms in total. The third kappa shape index (κ3) is 3.61. The van der Waals surface area contributed by atoms with Crippen LogP contribution in [0.3, 0.4) is 0 Å². The second-order valence-electron chi connectivity index (χ2n) is 6.86. The number of carbonyl (C=O) groups is 1. The molecule has 154 valence electrons. The first kappa shape index (κ1) is 19.6. The number of amides is 2. The number of unbranched alkanes of at least 4 members (excludes halogenated alkanes) is 1. The van der Waals surface area contributed by atoms with Crippen LogP contribution in [0.5, 0.6) is 0 Å². The second kappa shape index (κ2) is 7.94. The van der Waals surface area contributed by atoms with Gasteiger partial charge < -0.3 is 16.4 Å². The summed E-state index contributed by atoms with van der Waals surface area (Å²) in [5.74, 6) is -1.42. The van der Waals surface area contributed by atoms with Crippen LogP contribution in [0.15, 0.2) is 42.6 Å². The predicted molar refractivity (Wildman–Crippen MR) is 112 cm³/mol. The molecule has 2 aromatic heterocycles. The number of nitrogens with one attached hydrogen (secondary N) is 2. The topological polar surface area (TPSA) is 97.3 Å². The minimum atomic E-state index is -0.961. The lowest BCUT2D eigenvalue weighted by atomic mass is 10.1. The number of imidazole rings is 1. The summed E-state index contributed by atoms with van der Waals surface area (Å²) in [5, 5.41) is 5.74. The first-order valence-corrected chi connectivity index (χ1v) is 9.55. The molecule has 2 aromatic carbocycles. The maximum absolute atomic E-state index is 14.0. The molecule has 2 amide bonds. The Hall–Kier alpha value is -3.75. The van der Waals surface area contributed by atoms with Gasteiger partial charge in [-0.2, -0.15) is 0 Å². The smallest absolute Gasteiger partial charge is 0.316 e. The van der Waals surface area contributed by atoms with E-state index in [0.29, 0.717) is 40.4 Å². The van der Waals surface area contributed by atoms with Gasteiger partial charge in [0.25, 0.3) is 0 Å². The molecule has 0 spiro atoms. The number of hydrogen-bond acceptors (Lipinski definition) is 4. The summed E-state index contributed by atoms with van der Waals surface area (Å²) < 4.78 is 29.7. The van der Waals surface area contributed by atoms with Crippen LogP contribution in [0.4, 0.5) is 25.1 Å². The molecule has 0 fully saturated rings. The molecule has 0 radical (unpaired) electrons. The quantitative estimate of drug-likeness (QED) is 0.407. The lowest BCUT2D eigenvalue weighted by Gasteiger charge is -2.12. The van der Waals surface area contributed by atoms with Crippen LogP contribution < -0.4 is 16.4 Å². The first-order chi connectivity index (χ1) is 14.5. The minimum absolute atomic E-state index is 0.312. The molecule has 4 rings (SSSR count). The second-order valence-corrected chi connectivity index (χ2v) is 6.86. The van der Waals surface area contributed by atoms with Crippen LogP contribution in [0, 0.1) is 11.6 Å². The van der Waals surface area contributed by atoms with E-state index in [-0.39, 0.29) is 0 Å². The molecule has 4 N–H and O–H groups in total. The van der Waals surface area contributed by atoms with Crippen molar-refractivity contribution >= 4 is 34.2 Å². The van der Waals surface area contributed by atoms with Crippen LogP contribution in [0.25, 0.3) is 27.9 Å². The number of fused-ring (bicyclic) bond motifs is 3. The summed E-state index contributed by atoms with van der Waals surface area (Å²) in [6.07, 6.45) is 3.59. The Balaban J connectivity index is 1.90. The molecule has 0 atom stereocenters. The molecule has 30 heavy (non-hydrogen) atoms. The van der Waals surface area contributed by atoms with Crippen LogP contribution in [-0.2, 0) is 0 Å². The number of anilines is 2. The van der Waals surface area contributed by atoms with Crippen molar-refractivity contribution in [3.8, 4) is 11.3 Å². The Morgan fingerprint density at radius 2 is 1.90 bits per heavy atom. The largest absolute Gasteiger partial charge is 0.367 e. The number of halogens is 2. The summed E-state index contributed by atoms with van der Waals surface area (Å²) in [6, 6.07) is 8.51. The fraction of sp³-hybridized carbons (Fsp3) is 0.190. The number of rotatable bonds is 6. The molecule has 2 heterocycles. The highest BCUT2D eigenvalue weighted by molar-refractivity contribution is 5.89. The van der Waals surface area contributed by atoms with Crippen molar-refractivity contribution in [2.45, 2.75) is 19.8 Å². The monoisotopic (exact) mass is 410 g/mol. The number of carbonyl (C=O) groups excluding carboxylic acids is 1. The summed E-state index contributed by atoms with van der Waals surface area (Å²) in [7, 11) is 0. The Labute approximate surface area is 170 Å². The van der Waals surface area contributed by atoms with E-state index in [0.717, 1.165) is 30.5 Å². The summed E-state index contributed by atoms with van der Waals surface area (Å²) >= 11 is 0. The van der Waals surface area contributed by atoms with Gasteiger partial charge in [0, 0.05) is 29.9 Å². The molecule has 9 heteroatoms. The molecule has 0 bridgehead atoms. The van der Waals surface area contributed by atoms with Crippen molar-refractivity contribution in [3.05, 3.63) is 54.2 Å². The van der Waals surface area contributed by atoms with Gasteiger partial charge in [-0.15, -0.1) is 0 Å². The number of benzene rings is 2. The number of urea groups is 1. The van der Waals surface area contributed by atoms with Crippen LogP contribution in [0.1, 0.15) is 19.8 Å². The van der Waals surface area contributed by atoms with Gasteiger partial charge in [-0.05, 0) is 18.6 Å². The van der Waals surface area contributed by atoms with Crippen molar-refractivity contribution < 1.29 is 13.6 Å². The van der Waals surface area contributed by atoms with Crippen LogP contribution in [-0.4, -0.2) is 26.9 Å². The third-order valence-corrected chi connectivity index (χ3v) is 4.74. The van der Waals surface area contributed by atoms with E-state index in [2.05, 4.69) is 27.5 Å². The zero-order chi connectivity index (χ0) is 21.3. The van der Waals surface area contributed by atoms with Gasteiger partial charge >= 0.3 is 6.03 Å². The molecule has 0 aliphatic carbocycles. The SMILES string of the molecule is CCCCNc1nc2cc(F)c(F)cc2n2c(-c3ccc(NC(N)=O)cc3)cnc12. The summed E-state index contributed by atoms with van der Waals surface area (Å²) in [5.41, 5.74) is 8.36. The van der Waals surface area contributed by atoms with Gasteiger partial charge in [0.2, 0.25) is 0 Å². The zero-order valence-corrected chi connectivity index (χ0v) is 16.2. The van der Waals surface area contributed by atoms with E-state index in [9.17, 15) is 13.6 Å². The molecule has 0 saturated carbocycles. The average Bonchev–Trinajstić information content (AvgIpc) is 3.15. The highest BCUT2D eigenvalue weighted by atomic mass is 19.2. The molecule has 4 aromatic rings. The van der Waals surface area contributed by atoms with Crippen molar-refractivity contribution in [1.82, 2.24) is 14.4 Å². The van der Waals surface area contributed by atoms with Gasteiger partial charge in [-0.25, -0.2) is 23.5 Å². The fourth-order valence-corrected chi connectivity index (χ4v) is 3.30. The van der Waals surface area contributed by atoms with E-state index in [4.69, 9.17) is 5.73 Å². The van der Waals surface area contributed by atoms with Crippen LogP contribution >= 0.6 is 0 Å². The predicted octanol–water partition coefficient (Wildman–Crippen LogP) is 4.53. The van der Waals surface area contributed by atoms with Gasteiger partial charge in [0.1, 0.15) is 0 Å². The van der Waals surface area contributed by atoms with E-state index in [1.165, 1.54) is 0 Å². The maximum Gasteiger partial charge on any atom is 0.316 e. The lowest BCUT2D eigenvalue weighted by Crippen LogP contribution is -2.19. The summed E-state index contributed by atoms with van der Waals surface area (Å²) in [4.78, 5) is 20.0. The standard InChI is InChI=1S/C21H20F2N6O/c1-2-3-8-25-19-20-26-11-18(12-4-6-13(7-5-12)27-21(24)30)29(20)17-10-15(23)14(22)9-16(17)28-19/h4-7,9-11H,2-3,8H2,1H3,(H,25,28)(H3,24,27,30). The normalized spacial score (nSPS) is 11.2. The number of primary amides is 1. The van der Waals surface area contributed by atoms with Gasteiger partial charge in [-0.3, -0.25) is 4.40 Å². The highest BCUT2D eigenvalue weighted by Crippen LogP contribution is 2.30. The van der Waals surface area contributed by atoms with E-state index in [1.54, 1.807) is 34.9 Å². The van der Waals surface area contributed by atoms with Crippen molar-refractivity contribution in [2.75, 3.05) is 17.2 Å². The van der Waals surface area contributed by atoms with Gasteiger partial charge in [0.05, 0.1) is 22.9 Å². The van der Waals surface area contributed by atoms with Crippen LogP contribution in [0.2, 0.25) is 0 Å². The number of nitrogens with two attached hydrogens (primary N) is 1. The first-order valence-electron chi connectivity index (χ1n) is 9.55. The van der Waals surface area contributed by atoms with Crippen molar-refractivity contribution in [2.24, 2.45) is 5.73 Å². The molecule has 0 aliphatic rings. The Kier molecular flexibility index (Phi) is 5.18. The fourth-order valence-electron chi connectivity index (χ4n) is 3.30. The molecule has 0 saturated heterocycles. The Bertz CT molecular complexity index is 1240. The third-order valence-electron chi connectivity index (χ3n) is 4.74. The van der Waals surface area contributed by atoms with E-state index >= 15 is 0 Å². The van der Waals surface area contributed by atoms with E-state index in [1.807, 2.05) is 0 Å². The minimum Gasteiger partial charge on any atom is -0.367 e. The Morgan fingerprint density at radius 3 is 2.60 bits per heavy atom.